The second kappa shape index (κ2) is 10.0. The third-order valence-corrected chi connectivity index (χ3v) is 6.10. The Hall–Kier alpha value is -3.09. The van der Waals surface area contributed by atoms with Gasteiger partial charge in [0.15, 0.2) is 17.2 Å². The van der Waals surface area contributed by atoms with Crippen LogP contribution in [0.4, 0.5) is 0 Å². The van der Waals surface area contributed by atoms with Crippen LogP contribution < -0.4 is 10.9 Å². The first-order valence-electron chi connectivity index (χ1n) is 9.00. The fourth-order valence-corrected chi connectivity index (χ4v) is 4.38. The van der Waals surface area contributed by atoms with Crippen molar-refractivity contribution in [2.75, 3.05) is 6.54 Å². The van der Waals surface area contributed by atoms with Gasteiger partial charge in [0, 0.05) is 23.0 Å². The van der Waals surface area contributed by atoms with Crippen molar-refractivity contribution < 1.29 is 29.7 Å². The highest BCUT2D eigenvalue weighted by atomic mass is 79.9. The second-order valence-electron chi connectivity index (χ2n) is 6.50. The number of hydrogen-bond acceptors (Lipinski definition) is 8. The molecule has 166 valence electrons. The molecule has 0 unspecified atom stereocenters. The van der Waals surface area contributed by atoms with Crippen LogP contribution in [-0.4, -0.2) is 48.8 Å². The van der Waals surface area contributed by atoms with Gasteiger partial charge in [0.05, 0.1) is 4.91 Å². The highest BCUT2D eigenvalue weighted by Gasteiger charge is 2.32. The Kier molecular flexibility index (Phi) is 7.38. The molecule has 1 aliphatic rings. The number of thioether (sulfide) groups is 1. The Morgan fingerprint density at radius 3 is 2.47 bits per heavy atom. The summed E-state index contributed by atoms with van der Waals surface area (Å²) >= 11 is 9.75. The van der Waals surface area contributed by atoms with Gasteiger partial charge in [-0.1, -0.05) is 52.0 Å². The zero-order valence-electron chi connectivity index (χ0n) is 16.2. The predicted octanol–water partition coefficient (Wildman–Crippen LogP) is 2.62. The van der Waals surface area contributed by atoms with Crippen molar-refractivity contribution in [3.63, 3.8) is 0 Å². The van der Waals surface area contributed by atoms with Gasteiger partial charge in [0.25, 0.3) is 11.8 Å². The number of hydrogen-bond donors (Lipinski definition) is 5. The highest BCUT2D eigenvalue weighted by molar-refractivity contribution is 9.10. The van der Waals surface area contributed by atoms with Crippen molar-refractivity contribution in [3.05, 3.63) is 56.9 Å². The van der Waals surface area contributed by atoms with Gasteiger partial charge in [0.2, 0.25) is 5.91 Å². The molecular weight excluding hydrogens is 522 g/mol. The number of phenols is 3. The summed E-state index contributed by atoms with van der Waals surface area (Å²) in [5.74, 6) is -3.87. The maximum atomic E-state index is 12.6. The molecule has 3 rings (SSSR count). The topological polar surface area (TPSA) is 139 Å². The van der Waals surface area contributed by atoms with Crippen molar-refractivity contribution in [2.45, 2.75) is 6.42 Å². The van der Waals surface area contributed by atoms with E-state index in [0.29, 0.717) is 9.23 Å². The summed E-state index contributed by atoms with van der Waals surface area (Å²) in [6, 6.07) is 9.27. The summed E-state index contributed by atoms with van der Waals surface area (Å²) in [6.07, 6.45) is 1.58. The molecule has 1 saturated heterocycles. The number of nitrogens with zero attached hydrogens (tertiary/aromatic N) is 1. The van der Waals surface area contributed by atoms with E-state index < -0.39 is 29.1 Å². The minimum atomic E-state index is -0.827. The average molecular weight is 538 g/mol. The standard InChI is InChI=1S/C20H16BrN3O6S2/c21-12-3-1-2-10(6-12)7-15-19(30)24(20(31)32-15)5-4-16(27)22-23-18(29)11-8-13(25)17(28)14(26)9-11/h1-3,6-9,25-26,28H,4-5H2,(H,22,27)(H,23,29)/b15-7-. The lowest BCUT2D eigenvalue weighted by Gasteiger charge is -2.14. The molecule has 2 aromatic carbocycles. The first-order chi connectivity index (χ1) is 15.2. The number of thiocarbonyl (C=S) groups is 1. The van der Waals surface area contributed by atoms with Crippen LogP contribution in [-0.2, 0) is 9.59 Å². The normalized spacial score (nSPS) is 14.7. The number of carbonyl (C=O) groups is 3. The van der Waals surface area contributed by atoms with Gasteiger partial charge in [-0.15, -0.1) is 0 Å². The molecule has 0 atom stereocenters. The zero-order chi connectivity index (χ0) is 23.4. The molecule has 9 nitrogen and oxygen atoms in total. The van der Waals surface area contributed by atoms with Gasteiger partial charge in [-0.2, -0.15) is 0 Å². The first kappa shape index (κ1) is 23.6. The number of amides is 3. The third kappa shape index (κ3) is 5.58. The van der Waals surface area contributed by atoms with Crippen molar-refractivity contribution in [3.8, 4) is 17.2 Å². The molecule has 0 radical (unpaired) electrons. The van der Waals surface area contributed by atoms with Gasteiger partial charge < -0.3 is 15.3 Å². The molecule has 2 aromatic rings. The van der Waals surface area contributed by atoms with Gasteiger partial charge in [0.1, 0.15) is 4.32 Å². The first-order valence-corrected chi connectivity index (χ1v) is 11.0. The van der Waals surface area contributed by atoms with E-state index in [9.17, 15) is 29.7 Å². The molecule has 32 heavy (non-hydrogen) atoms. The summed E-state index contributed by atoms with van der Waals surface area (Å²) < 4.78 is 1.20. The van der Waals surface area contributed by atoms with Crippen molar-refractivity contribution in [2.24, 2.45) is 0 Å². The van der Waals surface area contributed by atoms with Crippen LogP contribution in [0.25, 0.3) is 6.08 Å². The summed E-state index contributed by atoms with van der Waals surface area (Å²) in [4.78, 5) is 38.5. The maximum absolute atomic E-state index is 12.6. The summed E-state index contributed by atoms with van der Waals surface area (Å²) in [5.41, 5.74) is 4.93. The van der Waals surface area contributed by atoms with Crippen molar-refractivity contribution in [1.82, 2.24) is 15.8 Å². The van der Waals surface area contributed by atoms with Crippen LogP contribution >= 0.6 is 39.9 Å². The summed E-state index contributed by atoms with van der Waals surface area (Å²) in [6.45, 7) is 0.0168. The van der Waals surface area contributed by atoms with Crippen molar-refractivity contribution >= 4 is 68.0 Å². The highest BCUT2D eigenvalue weighted by Crippen LogP contribution is 2.35. The smallest absolute Gasteiger partial charge is 0.269 e. The minimum Gasteiger partial charge on any atom is -0.504 e. The van der Waals surface area contributed by atoms with E-state index in [1.54, 1.807) is 6.08 Å². The molecule has 0 spiro atoms. The number of aromatic hydroxyl groups is 3. The third-order valence-electron chi connectivity index (χ3n) is 4.23. The van der Waals surface area contributed by atoms with Gasteiger partial charge in [-0.05, 0) is 35.9 Å². The quantitative estimate of drug-likeness (QED) is 0.170. The molecule has 0 bridgehead atoms. The molecule has 0 aromatic heterocycles. The molecule has 1 heterocycles. The van der Waals surface area contributed by atoms with Gasteiger partial charge in [-0.25, -0.2) is 0 Å². The number of benzene rings is 2. The van der Waals surface area contributed by atoms with Gasteiger partial charge >= 0.3 is 0 Å². The lowest BCUT2D eigenvalue weighted by molar-refractivity contribution is -0.124. The number of nitrogens with one attached hydrogen (secondary N) is 2. The monoisotopic (exact) mass is 537 g/mol. The van der Waals surface area contributed by atoms with E-state index in [4.69, 9.17) is 12.2 Å². The van der Waals surface area contributed by atoms with E-state index in [2.05, 4.69) is 26.8 Å². The van der Waals surface area contributed by atoms with Crippen LogP contribution in [0.5, 0.6) is 17.2 Å². The lowest BCUT2D eigenvalue weighted by Crippen LogP contribution is -2.43. The summed E-state index contributed by atoms with van der Waals surface area (Å²) in [5, 5.41) is 28.2. The summed E-state index contributed by atoms with van der Waals surface area (Å²) in [7, 11) is 0. The fraction of sp³-hybridized carbons (Fsp3) is 0.100. The van der Waals surface area contributed by atoms with Crippen LogP contribution in [0.1, 0.15) is 22.3 Å². The van der Waals surface area contributed by atoms with E-state index in [0.717, 1.165) is 33.9 Å². The molecular formula is C20H16BrN3O6S2. The SMILES string of the molecule is O=C(CCN1C(=O)/C(=C/c2cccc(Br)c2)SC1=S)NNC(=O)c1cc(O)c(O)c(O)c1. The number of hydrazine groups is 1. The lowest BCUT2D eigenvalue weighted by atomic mass is 10.2. The van der Waals surface area contributed by atoms with E-state index in [-0.39, 0.29) is 24.4 Å². The molecule has 12 heteroatoms. The second-order valence-corrected chi connectivity index (χ2v) is 9.10. The number of halogens is 1. The van der Waals surface area contributed by atoms with E-state index in [1.165, 1.54) is 4.90 Å². The molecule has 0 aliphatic carbocycles. The van der Waals surface area contributed by atoms with Crippen LogP contribution in [0.15, 0.2) is 45.8 Å². The van der Waals surface area contributed by atoms with E-state index >= 15 is 0 Å². The Balaban J connectivity index is 1.54. The Morgan fingerprint density at radius 1 is 1.12 bits per heavy atom. The van der Waals surface area contributed by atoms with E-state index in [1.807, 2.05) is 24.3 Å². The molecule has 3 amide bonds. The zero-order valence-corrected chi connectivity index (χ0v) is 19.4. The largest absolute Gasteiger partial charge is 0.504 e. The maximum Gasteiger partial charge on any atom is 0.269 e. The molecule has 5 N–H and O–H groups in total. The van der Waals surface area contributed by atoms with Crippen LogP contribution in [0, 0.1) is 0 Å². The predicted molar refractivity (Wildman–Crippen MR) is 126 cm³/mol. The van der Waals surface area contributed by atoms with Crippen LogP contribution in [0.3, 0.4) is 0 Å². The minimum absolute atomic E-state index is 0.0168. The number of phenolic OH excluding ortho intramolecular Hbond substituents is 3. The van der Waals surface area contributed by atoms with Crippen LogP contribution in [0.2, 0.25) is 0 Å². The molecule has 1 fully saturated rings. The van der Waals surface area contributed by atoms with Gasteiger partial charge in [-0.3, -0.25) is 30.1 Å². The average Bonchev–Trinajstić information content (AvgIpc) is 3.00. The molecule has 0 saturated carbocycles. The van der Waals surface area contributed by atoms with Crippen molar-refractivity contribution in [1.29, 1.82) is 0 Å². The fourth-order valence-electron chi connectivity index (χ4n) is 2.65. The Morgan fingerprint density at radius 2 is 1.81 bits per heavy atom. The number of rotatable bonds is 5. The Labute approximate surface area is 200 Å². The Bertz CT molecular complexity index is 1130. The number of carbonyl (C=O) groups excluding carboxylic acids is 3. The molecule has 1 aliphatic heterocycles.